The lowest BCUT2D eigenvalue weighted by Gasteiger charge is -2.23. The minimum Gasteiger partial charge on any atom is -0.477 e. The third kappa shape index (κ3) is 4.76. The van der Waals surface area contributed by atoms with Crippen molar-refractivity contribution in [1.82, 2.24) is 4.90 Å². The molecule has 30 heavy (non-hydrogen) atoms. The minimum atomic E-state index is -2.29. The molecule has 0 aliphatic rings. The van der Waals surface area contributed by atoms with Gasteiger partial charge in [0.2, 0.25) is 29.1 Å². The lowest BCUT2D eigenvalue weighted by Crippen LogP contribution is -2.34. The molecule has 0 unspecified atom stereocenters. The van der Waals surface area contributed by atoms with Gasteiger partial charge in [-0.25, -0.2) is 13.2 Å². The largest absolute Gasteiger partial charge is 0.477 e. The smallest absolute Gasteiger partial charge is 0.261 e. The van der Waals surface area contributed by atoms with E-state index in [1.54, 1.807) is 60.7 Å². The maximum atomic E-state index is 13.8. The number of benzene rings is 3. The van der Waals surface area contributed by atoms with Crippen LogP contribution in [0.2, 0.25) is 0 Å². The Morgan fingerprint density at radius 1 is 0.667 bits per heavy atom. The number of amides is 1. The molecule has 156 valence electrons. The van der Waals surface area contributed by atoms with E-state index in [1.165, 1.54) is 4.90 Å². The Balaban J connectivity index is 1.80. The van der Waals surface area contributed by atoms with Crippen LogP contribution in [0.25, 0.3) is 0 Å². The van der Waals surface area contributed by atoms with E-state index in [-0.39, 0.29) is 13.1 Å². The summed E-state index contributed by atoms with van der Waals surface area (Å²) in [4.78, 5) is 14.0. The topological polar surface area (TPSA) is 29.5 Å². The van der Waals surface area contributed by atoms with E-state index in [0.29, 0.717) is 0 Å². The Bertz CT molecular complexity index is 958. The molecule has 0 aromatic heterocycles. The Morgan fingerprint density at radius 3 is 1.50 bits per heavy atom. The SMILES string of the molecule is O=C(COc1c(F)c(F)c(F)c(F)c1F)N(Cc1ccccc1)Cc1ccccc1. The molecule has 8 heteroatoms. The number of hydrogen-bond donors (Lipinski definition) is 0. The summed E-state index contributed by atoms with van der Waals surface area (Å²) in [6.45, 7) is -0.581. The summed E-state index contributed by atoms with van der Waals surface area (Å²) in [5.74, 6) is -13.0. The van der Waals surface area contributed by atoms with Crippen molar-refractivity contribution in [2.75, 3.05) is 6.61 Å². The van der Waals surface area contributed by atoms with Crippen LogP contribution in [0.1, 0.15) is 11.1 Å². The van der Waals surface area contributed by atoms with Gasteiger partial charge in [-0.3, -0.25) is 4.79 Å². The van der Waals surface area contributed by atoms with Crippen LogP contribution < -0.4 is 4.74 Å². The molecule has 0 saturated carbocycles. The summed E-state index contributed by atoms with van der Waals surface area (Å²) in [6, 6.07) is 17.9. The number of hydrogen-bond acceptors (Lipinski definition) is 2. The summed E-state index contributed by atoms with van der Waals surface area (Å²) in [7, 11) is 0. The molecule has 0 spiro atoms. The highest BCUT2D eigenvalue weighted by Crippen LogP contribution is 2.29. The van der Waals surface area contributed by atoms with Gasteiger partial charge in [0.15, 0.2) is 12.4 Å². The van der Waals surface area contributed by atoms with Crippen molar-refractivity contribution in [3.8, 4) is 5.75 Å². The molecular weight excluding hydrogens is 405 g/mol. The molecule has 0 fully saturated rings. The molecule has 0 aliphatic carbocycles. The van der Waals surface area contributed by atoms with Crippen molar-refractivity contribution in [2.45, 2.75) is 13.1 Å². The first-order chi connectivity index (χ1) is 14.4. The summed E-state index contributed by atoms with van der Waals surface area (Å²) in [5, 5.41) is 0. The van der Waals surface area contributed by atoms with Gasteiger partial charge in [-0.1, -0.05) is 60.7 Å². The van der Waals surface area contributed by atoms with E-state index in [9.17, 15) is 26.7 Å². The fourth-order valence-electron chi connectivity index (χ4n) is 2.78. The molecule has 0 radical (unpaired) electrons. The van der Waals surface area contributed by atoms with Crippen LogP contribution in [0.15, 0.2) is 60.7 Å². The maximum absolute atomic E-state index is 13.8. The monoisotopic (exact) mass is 421 g/mol. The summed E-state index contributed by atoms with van der Waals surface area (Å²) >= 11 is 0. The number of nitrogens with zero attached hydrogens (tertiary/aromatic N) is 1. The normalized spacial score (nSPS) is 10.7. The lowest BCUT2D eigenvalue weighted by molar-refractivity contribution is -0.134. The van der Waals surface area contributed by atoms with Gasteiger partial charge in [0, 0.05) is 13.1 Å². The molecule has 0 aliphatic heterocycles. The van der Waals surface area contributed by atoms with Gasteiger partial charge in [0.05, 0.1) is 0 Å². The van der Waals surface area contributed by atoms with Crippen LogP contribution in [0.4, 0.5) is 22.0 Å². The van der Waals surface area contributed by atoms with Crippen LogP contribution in [-0.2, 0) is 17.9 Å². The molecule has 3 aromatic carbocycles. The summed E-state index contributed by atoms with van der Waals surface area (Å²) < 4.78 is 72.1. The molecule has 3 nitrogen and oxygen atoms in total. The first kappa shape index (κ1) is 21.3. The maximum Gasteiger partial charge on any atom is 0.261 e. The molecule has 3 rings (SSSR count). The summed E-state index contributed by atoms with van der Waals surface area (Å²) in [6.07, 6.45) is 0. The van der Waals surface area contributed by atoms with Gasteiger partial charge in [-0.05, 0) is 11.1 Å². The number of rotatable bonds is 7. The molecule has 0 N–H and O–H groups in total. The van der Waals surface area contributed by atoms with Crippen molar-refractivity contribution in [3.05, 3.63) is 101 Å². The van der Waals surface area contributed by atoms with E-state index >= 15 is 0 Å². The Labute approximate surface area is 169 Å². The van der Waals surface area contributed by atoms with Crippen LogP contribution in [0.5, 0.6) is 5.75 Å². The van der Waals surface area contributed by atoms with Crippen LogP contribution in [-0.4, -0.2) is 17.4 Å². The van der Waals surface area contributed by atoms with Crippen molar-refractivity contribution >= 4 is 5.91 Å². The number of carbonyl (C=O) groups excluding carboxylic acids is 1. The second kappa shape index (κ2) is 9.39. The summed E-state index contributed by atoms with van der Waals surface area (Å²) in [5.41, 5.74) is 1.58. The van der Waals surface area contributed by atoms with Crippen molar-refractivity contribution < 1.29 is 31.5 Å². The third-order valence-electron chi connectivity index (χ3n) is 4.29. The standard InChI is InChI=1S/C22H16F5NO2/c23-17-18(24)20(26)22(21(27)19(17)25)30-13-16(29)28(11-14-7-3-1-4-8-14)12-15-9-5-2-6-10-15/h1-10H,11-13H2. The van der Waals surface area contributed by atoms with Crippen molar-refractivity contribution in [1.29, 1.82) is 0 Å². The Hall–Kier alpha value is -3.42. The zero-order chi connectivity index (χ0) is 21.7. The number of ether oxygens (including phenoxy) is 1. The predicted octanol–water partition coefficient (Wildman–Crippen LogP) is 4.99. The van der Waals surface area contributed by atoms with Gasteiger partial charge in [-0.15, -0.1) is 0 Å². The minimum absolute atomic E-state index is 0.162. The van der Waals surface area contributed by atoms with Crippen LogP contribution >= 0.6 is 0 Å². The second-order valence-corrected chi connectivity index (χ2v) is 6.41. The highest BCUT2D eigenvalue weighted by Gasteiger charge is 2.28. The van der Waals surface area contributed by atoms with Gasteiger partial charge in [-0.2, -0.15) is 8.78 Å². The van der Waals surface area contributed by atoms with Gasteiger partial charge in [0.25, 0.3) is 5.91 Å². The zero-order valence-electron chi connectivity index (χ0n) is 15.5. The number of carbonyl (C=O) groups is 1. The fourth-order valence-corrected chi connectivity index (χ4v) is 2.78. The molecule has 1 amide bonds. The molecule has 0 bridgehead atoms. The van der Waals surface area contributed by atoms with E-state index < -0.39 is 47.3 Å². The van der Waals surface area contributed by atoms with Gasteiger partial charge in [0.1, 0.15) is 0 Å². The molecule has 0 atom stereocenters. The van der Waals surface area contributed by atoms with Crippen LogP contribution in [0, 0.1) is 29.1 Å². The highest BCUT2D eigenvalue weighted by molar-refractivity contribution is 5.77. The van der Waals surface area contributed by atoms with Crippen molar-refractivity contribution in [3.63, 3.8) is 0 Å². The average Bonchev–Trinajstić information content (AvgIpc) is 2.77. The molecular formula is C22H16F5NO2. The molecule has 0 saturated heterocycles. The average molecular weight is 421 g/mol. The second-order valence-electron chi connectivity index (χ2n) is 6.41. The fraction of sp³-hybridized carbons (Fsp3) is 0.136. The Morgan fingerprint density at radius 2 is 1.07 bits per heavy atom. The molecule has 0 heterocycles. The molecule has 3 aromatic rings. The van der Waals surface area contributed by atoms with E-state index in [0.717, 1.165) is 11.1 Å². The third-order valence-corrected chi connectivity index (χ3v) is 4.29. The lowest BCUT2D eigenvalue weighted by atomic mass is 10.1. The van der Waals surface area contributed by atoms with E-state index in [4.69, 9.17) is 4.74 Å². The zero-order valence-corrected chi connectivity index (χ0v) is 15.5. The quantitative estimate of drug-likeness (QED) is 0.306. The van der Waals surface area contributed by atoms with Gasteiger partial charge >= 0.3 is 0 Å². The first-order valence-electron chi connectivity index (χ1n) is 8.88. The number of halogens is 5. The first-order valence-corrected chi connectivity index (χ1v) is 8.88. The van der Waals surface area contributed by atoms with Crippen molar-refractivity contribution in [2.24, 2.45) is 0 Å². The van der Waals surface area contributed by atoms with E-state index in [1.807, 2.05) is 0 Å². The highest BCUT2D eigenvalue weighted by atomic mass is 19.2. The van der Waals surface area contributed by atoms with Gasteiger partial charge < -0.3 is 9.64 Å². The predicted molar refractivity (Wildman–Crippen MR) is 98.9 cm³/mol. The van der Waals surface area contributed by atoms with E-state index in [2.05, 4.69) is 0 Å². The van der Waals surface area contributed by atoms with Crippen LogP contribution in [0.3, 0.4) is 0 Å². The Kier molecular flexibility index (Phi) is 6.66.